The Morgan fingerprint density at radius 1 is 1.26 bits per heavy atom. The molecule has 2 heterocycles. The highest BCUT2D eigenvalue weighted by Gasteiger charge is 2.15. The van der Waals surface area contributed by atoms with Crippen molar-refractivity contribution in [3.8, 4) is 5.69 Å². The van der Waals surface area contributed by atoms with Gasteiger partial charge in [0.25, 0.3) is 0 Å². The van der Waals surface area contributed by atoms with Gasteiger partial charge in [0.2, 0.25) is 0 Å². The number of piperidine rings is 1. The lowest BCUT2D eigenvalue weighted by molar-refractivity contribution is 0.399. The molecule has 1 atom stereocenters. The van der Waals surface area contributed by atoms with Gasteiger partial charge in [0.1, 0.15) is 0 Å². The number of nitrogens with one attached hydrogen (secondary N) is 2. The van der Waals surface area contributed by atoms with E-state index in [9.17, 15) is 4.79 Å². The fraction of sp³-hybridized carbons (Fsp3) is 0.400. The van der Waals surface area contributed by atoms with E-state index >= 15 is 0 Å². The maximum absolute atomic E-state index is 11.8. The SMILES string of the molecule is O=c1[nH]ccn1-c1ccccc1CC1CCCCN1. The van der Waals surface area contributed by atoms with Gasteiger partial charge in [-0.15, -0.1) is 0 Å². The van der Waals surface area contributed by atoms with Crippen molar-refractivity contribution in [2.75, 3.05) is 6.54 Å². The molecule has 0 amide bonds. The second-order valence-electron chi connectivity index (χ2n) is 5.11. The number of H-pyrrole nitrogens is 1. The van der Waals surface area contributed by atoms with Gasteiger partial charge in [0.05, 0.1) is 5.69 Å². The van der Waals surface area contributed by atoms with Gasteiger partial charge >= 0.3 is 5.69 Å². The van der Waals surface area contributed by atoms with Crippen molar-refractivity contribution in [3.63, 3.8) is 0 Å². The van der Waals surface area contributed by atoms with Crippen LogP contribution in [-0.4, -0.2) is 22.1 Å². The molecule has 3 rings (SSSR count). The number of hydrogen-bond acceptors (Lipinski definition) is 2. The molecule has 1 aromatic heterocycles. The van der Waals surface area contributed by atoms with E-state index in [1.807, 2.05) is 18.2 Å². The molecule has 2 N–H and O–H groups in total. The number of para-hydroxylation sites is 1. The Kier molecular flexibility index (Phi) is 3.51. The van der Waals surface area contributed by atoms with Gasteiger partial charge in [-0.25, -0.2) is 4.79 Å². The van der Waals surface area contributed by atoms with E-state index in [0.717, 1.165) is 18.7 Å². The van der Waals surface area contributed by atoms with Crippen molar-refractivity contribution < 1.29 is 0 Å². The third-order valence-electron chi connectivity index (χ3n) is 3.78. The molecule has 0 aliphatic carbocycles. The molecular formula is C15H19N3O. The topological polar surface area (TPSA) is 49.8 Å². The molecule has 4 heteroatoms. The first kappa shape index (κ1) is 12.2. The molecule has 0 bridgehead atoms. The Labute approximate surface area is 112 Å². The molecule has 0 saturated carbocycles. The van der Waals surface area contributed by atoms with Crippen molar-refractivity contribution in [2.45, 2.75) is 31.7 Å². The first-order chi connectivity index (χ1) is 9.34. The molecule has 2 aromatic rings. The van der Waals surface area contributed by atoms with E-state index in [1.165, 1.54) is 24.8 Å². The van der Waals surface area contributed by atoms with Gasteiger partial charge in [-0.05, 0) is 37.4 Å². The van der Waals surface area contributed by atoms with Crippen LogP contribution in [0.15, 0.2) is 41.5 Å². The number of nitrogens with zero attached hydrogens (tertiary/aromatic N) is 1. The molecule has 0 spiro atoms. The lowest BCUT2D eigenvalue weighted by atomic mass is 9.97. The normalized spacial score (nSPS) is 19.5. The molecular weight excluding hydrogens is 238 g/mol. The summed E-state index contributed by atoms with van der Waals surface area (Å²) in [6.07, 6.45) is 8.23. The minimum atomic E-state index is -0.0796. The minimum absolute atomic E-state index is 0.0796. The molecule has 0 radical (unpaired) electrons. The first-order valence-electron chi connectivity index (χ1n) is 6.92. The summed E-state index contributed by atoms with van der Waals surface area (Å²) in [4.78, 5) is 14.4. The Balaban J connectivity index is 1.89. The summed E-state index contributed by atoms with van der Waals surface area (Å²) in [5, 5.41) is 3.56. The largest absolute Gasteiger partial charge is 0.330 e. The standard InChI is InChI=1S/C15H19N3O/c19-15-17-9-10-18(15)14-7-2-1-5-12(14)11-13-6-3-4-8-16-13/h1-2,5,7,9-10,13,16H,3-4,6,8,11H2,(H,17,19). The van der Waals surface area contributed by atoms with Gasteiger partial charge in [0, 0.05) is 18.4 Å². The second-order valence-corrected chi connectivity index (χ2v) is 5.11. The summed E-state index contributed by atoms with van der Waals surface area (Å²) in [5.74, 6) is 0. The van der Waals surface area contributed by atoms with Crippen LogP contribution in [0.5, 0.6) is 0 Å². The number of aromatic amines is 1. The van der Waals surface area contributed by atoms with Gasteiger partial charge in [-0.1, -0.05) is 24.6 Å². The summed E-state index contributed by atoms with van der Waals surface area (Å²) >= 11 is 0. The Morgan fingerprint density at radius 3 is 2.89 bits per heavy atom. The number of aromatic nitrogens is 2. The van der Waals surface area contributed by atoms with E-state index in [1.54, 1.807) is 17.0 Å². The van der Waals surface area contributed by atoms with E-state index < -0.39 is 0 Å². The van der Waals surface area contributed by atoms with Gasteiger partial charge in [-0.2, -0.15) is 0 Å². The monoisotopic (exact) mass is 257 g/mol. The summed E-state index contributed by atoms with van der Waals surface area (Å²) in [6, 6.07) is 8.68. The Hall–Kier alpha value is -1.81. The van der Waals surface area contributed by atoms with Crippen LogP contribution < -0.4 is 11.0 Å². The summed E-state index contributed by atoms with van der Waals surface area (Å²) in [6.45, 7) is 1.11. The van der Waals surface area contributed by atoms with Gasteiger partial charge in [-0.3, -0.25) is 4.57 Å². The average Bonchev–Trinajstić information content (AvgIpc) is 2.87. The zero-order valence-electron chi connectivity index (χ0n) is 10.9. The molecule has 1 fully saturated rings. The quantitative estimate of drug-likeness (QED) is 0.881. The highest BCUT2D eigenvalue weighted by Crippen LogP contribution is 2.18. The third-order valence-corrected chi connectivity index (χ3v) is 3.78. The number of imidazole rings is 1. The Bertz CT molecular complexity index is 593. The molecule has 1 aliphatic rings. The summed E-state index contributed by atoms with van der Waals surface area (Å²) < 4.78 is 1.68. The van der Waals surface area contributed by atoms with E-state index in [0.29, 0.717) is 6.04 Å². The van der Waals surface area contributed by atoms with Gasteiger partial charge < -0.3 is 10.3 Å². The van der Waals surface area contributed by atoms with Crippen LogP contribution in [0, 0.1) is 0 Å². The van der Waals surface area contributed by atoms with Crippen molar-refractivity contribution in [3.05, 3.63) is 52.7 Å². The molecule has 1 aliphatic heterocycles. The van der Waals surface area contributed by atoms with Crippen LogP contribution >= 0.6 is 0 Å². The fourth-order valence-electron chi connectivity index (χ4n) is 2.79. The summed E-state index contributed by atoms with van der Waals surface area (Å²) in [5.41, 5.74) is 2.13. The lowest BCUT2D eigenvalue weighted by Gasteiger charge is -2.24. The maximum atomic E-state index is 11.8. The van der Waals surface area contributed by atoms with E-state index in [2.05, 4.69) is 16.4 Å². The van der Waals surface area contributed by atoms with E-state index in [4.69, 9.17) is 0 Å². The van der Waals surface area contributed by atoms with Crippen molar-refractivity contribution in [1.29, 1.82) is 0 Å². The smallest absolute Gasteiger partial charge is 0.314 e. The molecule has 19 heavy (non-hydrogen) atoms. The van der Waals surface area contributed by atoms with Crippen LogP contribution in [0.25, 0.3) is 5.69 Å². The first-order valence-corrected chi connectivity index (χ1v) is 6.92. The zero-order chi connectivity index (χ0) is 13.1. The predicted molar refractivity (Wildman–Crippen MR) is 75.7 cm³/mol. The fourth-order valence-corrected chi connectivity index (χ4v) is 2.79. The number of hydrogen-bond donors (Lipinski definition) is 2. The third kappa shape index (κ3) is 2.63. The molecule has 4 nitrogen and oxygen atoms in total. The Morgan fingerprint density at radius 2 is 2.16 bits per heavy atom. The van der Waals surface area contributed by atoms with Crippen LogP contribution in [0.1, 0.15) is 24.8 Å². The number of rotatable bonds is 3. The highest BCUT2D eigenvalue weighted by molar-refractivity contribution is 5.41. The van der Waals surface area contributed by atoms with E-state index in [-0.39, 0.29) is 5.69 Å². The number of benzene rings is 1. The van der Waals surface area contributed by atoms with Crippen molar-refractivity contribution >= 4 is 0 Å². The van der Waals surface area contributed by atoms with Crippen molar-refractivity contribution in [1.82, 2.24) is 14.9 Å². The van der Waals surface area contributed by atoms with Crippen LogP contribution in [-0.2, 0) is 6.42 Å². The minimum Gasteiger partial charge on any atom is -0.314 e. The average molecular weight is 257 g/mol. The summed E-state index contributed by atoms with van der Waals surface area (Å²) in [7, 11) is 0. The molecule has 1 unspecified atom stereocenters. The lowest BCUT2D eigenvalue weighted by Crippen LogP contribution is -2.36. The zero-order valence-corrected chi connectivity index (χ0v) is 10.9. The van der Waals surface area contributed by atoms with Crippen LogP contribution in [0.4, 0.5) is 0 Å². The predicted octanol–water partition coefficient (Wildman–Crippen LogP) is 1.85. The maximum Gasteiger partial charge on any atom is 0.330 e. The van der Waals surface area contributed by atoms with Crippen molar-refractivity contribution in [2.24, 2.45) is 0 Å². The molecule has 100 valence electrons. The van der Waals surface area contributed by atoms with Gasteiger partial charge in [0.15, 0.2) is 0 Å². The molecule has 1 aromatic carbocycles. The molecule has 1 saturated heterocycles. The second kappa shape index (κ2) is 5.45. The van der Waals surface area contributed by atoms with Crippen LogP contribution in [0.3, 0.4) is 0 Å². The highest BCUT2D eigenvalue weighted by atomic mass is 16.1. The van der Waals surface area contributed by atoms with Crippen LogP contribution in [0.2, 0.25) is 0 Å².